The molecule has 0 amide bonds. The smallest absolute Gasteiger partial charge is 0.147 e. The lowest BCUT2D eigenvalue weighted by Crippen LogP contribution is -2.45. The van der Waals surface area contributed by atoms with Crippen LogP contribution in [0, 0.1) is 13.8 Å². The summed E-state index contributed by atoms with van der Waals surface area (Å²) in [6, 6.07) is 0.309. The predicted octanol–water partition coefficient (Wildman–Crippen LogP) is 1.16. The largest absolute Gasteiger partial charge is 0.317 e. The molecule has 1 atom stereocenters. The molecule has 0 saturated carbocycles. The van der Waals surface area contributed by atoms with Crippen LogP contribution in [0.5, 0.6) is 0 Å². The first-order valence-electron chi connectivity index (χ1n) is 7.96. The van der Waals surface area contributed by atoms with Crippen LogP contribution in [0.25, 0.3) is 0 Å². The number of aryl methyl sites for hydroxylation is 2. The van der Waals surface area contributed by atoms with Crippen LogP contribution in [0.15, 0.2) is 0 Å². The van der Waals surface area contributed by atoms with Crippen molar-refractivity contribution in [3.63, 3.8) is 0 Å². The van der Waals surface area contributed by atoms with E-state index in [1.807, 2.05) is 0 Å². The molecule has 1 N–H and O–H groups in total. The third kappa shape index (κ3) is 3.99. The Labute approximate surface area is 128 Å². The Bertz CT molecular complexity index is 451. The molecule has 0 spiro atoms. The molecule has 0 aliphatic carbocycles. The van der Waals surface area contributed by atoms with Gasteiger partial charge in [0.1, 0.15) is 5.82 Å². The van der Waals surface area contributed by atoms with Gasteiger partial charge in [-0.1, -0.05) is 6.92 Å². The average molecular weight is 291 g/mol. The maximum absolute atomic E-state index is 4.81. The van der Waals surface area contributed by atoms with Gasteiger partial charge in [0.15, 0.2) is 0 Å². The molecule has 1 aromatic rings. The number of likely N-dealkylation sites (N-methyl/N-ethyl adjacent to an activating group) is 3. The third-order valence-corrected chi connectivity index (χ3v) is 4.39. The lowest BCUT2D eigenvalue weighted by molar-refractivity contribution is 0.109. The quantitative estimate of drug-likeness (QED) is 0.825. The van der Waals surface area contributed by atoms with E-state index in [1.165, 1.54) is 5.56 Å². The lowest BCUT2D eigenvalue weighted by atomic mass is 10.1. The molecule has 5 heteroatoms. The summed E-state index contributed by atoms with van der Waals surface area (Å²) in [5.74, 6) is 0.978. The summed E-state index contributed by atoms with van der Waals surface area (Å²) in [7, 11) is 4.34. The van der Waals surface area contributed by atoms with Crippen LogP contribution < -0.4 is 5.32 Å². The summed E-state index contributed by atoms with van der Waals surface area (Å²) < 4.78 is 0. The number of hydrogen-bond acceptors (Lipinski definition) is 5. The van der Waals surface area contributed by atoms with Crippen molar-refractivity contribution in [3.8, 4) is 0 Å². The topological polar surface area (TPSA) is 44.3 Å². The highest BCUT2D eigenvalue weighted by molar-refractivity contribution is 5.25. The number of rotatable bonds is 5. The van der Waals surface area contributed by atoms with Crippen molar-refractivity contribution >= 4 is 0 Å². The number of aromatic nitrogens is 2. The van der Waals surface area contributed by atoms with E-state index in [9.17, 15) is 0 Å². The molecule has 1 saturated heterocycles. The second-order valence-electron chi connectivity index (χ2n) is 6.09. The van der Waals surface area contributed by atoms with Gasteiger partial charge in [-0.05, 0) is 53.0 Å². The van der Waals surface area contributed by atoms with Crippen molar-refractivity contribution in [1.82, 2.24) is 25.1 Å². The molecule has 2 heterocycles. The minimum Gasteiger partial charge on any atom is -0.317 e. The van der Waals surface area contributed by atoms with Gasteiger partial charge in [0.05, 0.1) is 6.04 Å². The Morgan fingerprint density at radius 3 is 2.43 bits per heavy atom. The van der Waals surface area contributed by atoms with Crippen molar-refractivity contribution in [3.05, 3.63) is 22.8 Å². The highest BCUT2D eigenvalue weighted by Gasteiger charge is 2.26. The van der Waals surface area contributed by atoms with Crippen molar-refractivity contribution in [2.75, 3.05) is 46.8 Å². The Balaban J connectivity index is 2.18. The number of nitrogens with one attached hydrogen (secondary N) is 1. The molecule has 5 nitrogen and oxygen atoms in total. The summed E-state index contributed by atoms with van der Waals surface area (Å²) in [6.45, 7) is 11.6. The van der Waals surface area contributed by atoms with Gasteiger partial charge in [-0.25, -0.2) is 9.97 Å². The molecule has 21 heavy (non-hydrogen) atoms. The molecule has 1 fully saturated rings. The van der Waals surface area contributed by atoms with Crippen LogP contribution in [0.4, 0.5) is 0 Å². The summed E-state index contributed by atoms with van der Waals surface area (Å²) >= 11 is 0. The standard InChI is InChI=1S/C16H29N5/c1-6-17-8-7-14-12(2)18-16(19-13(14)3)15-11-20(4)9-10-21(15)5/h15,17H,6-11H2,1-5H3. The highest BCUT2D eigenvalue weighted by Crippen LogP contribution is 2.22. The molecule has 2 rings (SSSR count). The predicted molar refractivity (Wildman–Crippen MR) is 86.6 cm³/mol. The summed E-state index contributed by atoms with van der Waals surface area (Å²) in [5, 5.41) is 3.37. The van der Waals surface area contributed by atoms with Gasteiger partial charge >= 0.3 is 0 Å². The maximum Gasteiger partial charge on any atom is 0.147 e. The van der Waals surface area contributed by atoms with E-state index in [0.29, 0.717) is 6.04 Å². The van der Waals surface area contributed by atoms with Crippen LogP contribution in [0.3, 0.4) is 0 Å². The molecule has 0 radical (unpaired) electrons. The maximum atomic E-state index is 4.81. The van der Waals surface area contributed by atoms with E-state index in [1.54, 1.807) is 0 Å². The van der Waals surface area contributed by atoms with Gasteiger partial charge in [-0.15, -0.1) is 0 Å². The van der Waals surface area contributed by atoms with Crippen LogP contribution in [0.1, 0.15) is 35.7 Å². The average Bonchev–Trinajstić information content (AvgIpc) is 2.44. The molecule has 1 aromatic heterocycles. The minimum absolute atomic E-state index is 0.309. The van der Waals surface area contributed by atoms with E-state index < -0.39 is 0 Å². The van der Waals surface area contributed by atoms with Gasteiger partial charge in [0.25, 0.3) is 0 Å². The molecule has 0 bridgehead atoms. The van der Waals surface area contributed by atoms with Gasteiger partial charge in [0, 0.05) is 31.0 Å². The summed E-state index contributed by atoms with van der Waals surface area (Å²) in [4.78, 5) is 14.4. The molecular formula is C16H29N5. The Hall–Kier alpha value is -1.04. The zero-order valence-electron chi connectivity index (χ0n) is 14.1. The zero-order valence-corrected chi connectivity index (χ0v) is 14.1. The van der Waals surface area contributed by atoms with Crippen molar-refractivity contribution < 1.29 is 0 Å². The molecule has 1 aliphatic heterocycles. The zero-order chi connectivity index (χ0) is 15.4. The van der Waals surface area contributed by atoms with Gasteiger partial charge < -0.3 is 10.2 Å². The molecule has 1 aliphatic rings. The Morgan fingerprint density at radius 2 is 1.81 bits per heavy atom. The lowest BCUT2D eigenvalue weighted by Gasteiger charge is -2.37. The highest BCUT2D eigenvalue weighted by atomic mass is 15.3. The first-order valence-corrected chi connectivity index (χ1v) is 7.96. The fraction of sp³-hybridized carbons (Fsp3) is 0.750. The van der Waals surface area contributed by atoms with E-state index in [0.717, 1.165) is 56.4 Å². The summed E-state index contributed by atoms with van der Waals surface area (Å²) in [5.41, 5.74) is 3.57. The number of piperazine rings is 1. The number of hydrogen-bond donors (Lipinski definition) is 1. The number of nitrogens with zero attached hydrogens (tertiary/aromatic N) is 4. The van der Waals surface area contributed by atoms with Crippen LogP contribution in [-0.4, -0.2) is 66.6 Å². The van der Waals surface area contributed by atoms with E-state index in [4.69, 9.17) is 9.97 Å². The fourth-order valence-corrected chi connectivity index (χ4v) is 2.96. The second-order valence-corrected chi connectivity index (χ2v) is 6.09. The van der Waals surface area contributed by atoms with Crippen LogP contribution in [-0.2, 0) is 6.42 Å². The van der Waals surface area contributed by atoms with Crippen molar-refractivity contribution in [1.29, 1.82) is 0 Å². The van der Waals surface area contributed by atoms with Gasteiger partial charge in [-0.3, -0.25) is 4.90 Å². The molecule has 0 aromatic carbocycles. The van der Waals surface area contributed by atoms with E-state index in [-0.39, 0.29) is 0 Å². The molecular weight excluding hydrogens is 262 g/mol. The molecule has 1 unspecified atom stereocenters. The van der Waals surface area contributed by atoms with E-state index >= 15 is 0 Å². The second kappa shape index (κ2) is 7.29. The Morgan fingerprint density at radius 1 is 1.14 bits per heavy atom. The first-order chi connectivity index (χ1) is 10.0. The summed E-state index contributed by atoms with van der Waals surface area (Å²) in [6.07, 6.45) is 1.01. The third-order valence-electron chi connectivity index (χ3n) is 4.39. The van der Waals surface area contributed by atoms with E-state index in [2.05, 4.69) is 50.0 Å². The van der Waals surface area contributed by atoms with Crippen LogP contribution in [0.2, 0.25) is 0 Å². The van der Waals surface area contributed by atoms with Crippen molar-refractivity contribution in [2.24, 2.45) is 0 Å². The van der Waals surface area contributed by atoms with Crippen LogP contribution >= 0.6 is 0 Å². The first kappa shape index (κ1) is 16.3. The fourth-order valence-electron chi connectivity index (χ4n) is 2.96. The minimum atomic E-state index is 0.309. The monoisotopic (exact) mass is 291 g/mol. The van der Waals surface area contributed by atoms with Gasteiger partial charge in [0.2, 0.25) is 0 Å². The van der Waals surface area contributed by atoms with Crippen molar-refractivity contribution in [2.45, 2.75) is 33.2 Å². The van der Waals surface area contributed by atoms with Gasteiger partial charge in [-0.2, -0.15) is 0 Å². The molecule has 118 valence electrons. The SMILES string of the molecule is CCNCCc1c(C)nc(C2CN(C)CCN2C)nc1C. The normalized spacial score (nSPS) is 20.9. The Kier molecular flexibility index (Phi) is 5.67.